The van der Waals surface area contributed by atoms with Gasteiger partial charge in [0.25, 0.3) is 0 Å². The van der Waals surface area contributed by atoms with Gasteiger partial charge in [-0.3, -0.25) is 4.90 Å². The fourth-order valence-electron chi connectivity index (χ4n) is 2.97. The van der Waals surface area contributed by atoms with Crippen LogP contribution in [-0.4, -0.2) is 24.5 Å². The Morgan fingerprint density at radius 2 is 2.57 bits per heavy atom. The van der Waals surface area contributed by atoms with Gasteiger partial charge >= 0.3 is 0 Å². The first-order valence-corrected chi connectivity index (χ1v) is 5.17. The number of hydrogen-bond donors (Lipinski definition) is 0. The predicted octanol–water partition coefficient (Wildman–Crippen LogP) is 2.29. The number of rotatable bonds is 2. The Morgan fingerprint density at radius 3 is 3.29 bits per heavy atom. The van der Waals surface area contributed by atoms with Crippen molar-refractivity contribution in [1.29, 1.82) is 0 Å². The fourth-order valence-corrected chi connectivity index (χ4v) is 2.97. The molecule has 0 radical (unpaired) electrons. The molecule has 1 saturated heterocycles. The number of nitrogens with zero attached hydrogens (tertiary/aromatic N) is 1. The molecule has 3 rings (SSSR count). The number of halogens is 1. The lowest BCUT2D eigenvalue weighted by Crippen LogP contribution is -2.21. The first-order chi connectivity index (χ1) is 6.76. The van der Waals surface area contributed by atoms with Crippen molar-refractivity contribution in [2.24, 2.45) is 11.3 Å². The standard InChI is InChI=1S/C12H14FN/c1-2-5-14-7-10-11(13)4-3-9-6-12(9,10)8-14/h2-4,9H,1,5-8H2. The average Bonchev–Trinajstić information content (AvgIpc) is 2.72. The maximum absolute atomic E-state index is 13.6. The molecule has 1 heterocycles. The summed E-state index contributed by atoms with van der Waals surface area (Å²) in [6.07, 6.45) is 6.75. The normalized spacial score (nSPS) is 39.6. The predicted molar refractivity (Wildman–Crippen MR) is 54.5 cm³/mol. The van der Waals surface area contributed by atoms with Crippen LogP contribution in [0, 0.1) is 11.3 Å². The van der Waals surface area contributed by atoms with E-state index in [1.165, 1.54) is 0 Å². The molecule has 1 aliphatic heterocycles. The molecule has 14 heavy (non-hydrogen) atoms. The van der Waals surface area contributed by atoms with Crippen LogP contribution in [0.3, 0.4) is 0 Å². The van der Waals surface area contributed by atoms with Gasteiger partial charge in [-0.25, -0.2) is 4.39 Å². The molecule has 2 heteroatoms. The lowest BCUT2D eigenvalue weighted by Gasteiger charge is -2.13. The van der Waals surface area contributed by atoms with E-state index < -0.39 is 0 Å². The highest BCUT2D eigenvalue weighted by atomic mass is 19.1. The van der Waals surface area contributed by atoms with E-state index in [0.29, 0.717) is 5.92 Å². The van der Waals surface area contributed by atoms with E-state index in [1.54, 1.807) is 6.08 Å². The number of hydrogen-bond acceptors (Lipinski definition) is 1. The van der Waals surface area contributed by atoms with Crippen LogP contribution >= 0.6 is 0 Å². The largest absolute Gasteiger partial charge is 0.295 e. The minimum absolute atomic E-state index is 0.0188. The van der Waals surface area contributed by atoms with Gasteiger partial charge in [0, 0.05) is 25.0 Å². The van der Waals surface area contributed by atoms with Crippen LogP contribution in [0.4, 0.5) is 4.39 Å². The molecule has 0 aromatic carbocycles. The lowest BCUT2D eigenvalue weighted by atomic mass is 9.92. The second-order valence-electron chi connectivity index (χ2n) is 4.61. The summed E-state index contributed by atoms with van der Waals surface area (Å²) in [5, 5.41) is 0. The summed E-state index contributed by atoms with van der Waals surface area (Å²) in [6, 6.07) is 0. The molecule has 0 aromatic heterocycles. The Bertz CT molecular complexity index is 355. The van der Waals surface area contributed by atoms with Crippen LogP contribution in [0.5, 0.6) is 0 Å². The van der Waals surface area contributed by atoms with E-state index in [1.807, 2.05) is 12.2 Å². The molecule has 1 nitrogen and oxygen atoms in total. The van der Waals surface area contributed by atoms with Crippen molar-refractivity contribution in [2.45, 2.75) is 6.42 Å². The van der Waals surface area contributed by atoms with E-state index in [4.69, 9.17) is 0 Å². The molecule has 2 unspecified atom stereocenters. The van der Waals surface area contributed by atoms with Gasteiger partial charge in [-0.05, 0) is 24.0 Å². The molecule has 2 aliphatic carbocycles. The third kappa shape index (κ3) is 0.921. The Kier molecular flexibility index (Phi) is 1.55. The van der Waals surface area contributed by atoms with Crippen molar-refractivity contribution >= 4 is 0 Å². The Morgan fingerprint density at radius 1 is 1.71 bits per heavy atom. The van der Waals surface area contributed by atoms with Gasteiger partial charge in [0.1, 0.15) is 5.83 Å². The topological polar surface area (TPSA) is 3.24 Å². The Hall–Kier alpha value is -0.890. The zero-order chi connectivity index (χ0) is 9.76. The molecular formula is C12H14FN. The van der Waals surface area contributed by atoms with Crippen molar-refractivity contribution < 1.29 is 4.39 Å². The maximum Gasteiger partial charge on any atom is 0.124 e. The summed E-state index contributed by atoms with van der Waals surface area (Å²) in [6.45, 7) is 6.44. The van der Waals surface area contributed by atoms with Gasteiger partial charge in [-0.1, -0.05) is 12.2 Å². The summed E-state index contributed by atoms with van der Waals surface area (Å²) in [4.78, 5) is 2.29. The SMILES string of the molecule is C=CCN1CC2=C(F)C=CC3CC23C1. The van der Waals surface area contributed by atoms with Crippen molar-refractivity contribution in [3.8, 4) is 0 Å². The zero-order valence-electron chi connectivity index (χ0n) is 8.17. The van der Waals surface area contributed by atoms with Gasteiger partial charge in [0.15, 0.2) is 0 Å². The molecule has 0 bridgehead atoms. The lowest BCUT2D eigenvalue weighted by molar-refractivity contribution is 0.349. The first-order valence-electron chi connectivity index (χ1n) is 5.17. The molecule has 1 spiro atoms. The van der Waals surface area contributed by atoms with Crippen LogP contribution in [0.1, 0.15) is 6.42 Å². The van der Waals surface area contributed by atoms with Crippen molar-refractivity contribution in [2.75, 3.05) is 19.6 Å². The molecule has 0 N–H and O–H groups in total. The van der Waals surface area contributed by atoms with E-state index in [9.17, 15) is 4.39 Å². The smallest absolute Gasteiger partial charge is 0.124 e. The second-order valence-corrected chi connectivity index (χ2v) is 4.61. The molecule has 0 amide bonds. The highest BCUT2D eigenvalue weighted by Crippen LogP contribution is 2.64. The number of allylic oxidation sites excluding steroid dienone is 3. The van der Waals surface area contributed by atoms with Crippen LogP contribution in [0.2, 0.25) is 0 Å². The monoisotopic (exact) mass is 191 g/mol. The molecule has 3 aliphatic rings. The van der Waals surface area contributed by atoms with Crippen LogP contribution in [0.25, 0.3) is 0 Å². The number of likely N-dealkylation sites (tertiary alicyclic amines) is 1. The van der Waals surface area contributed by atoms with Crippen molar-refractivity contribution in [3.05, 3.63) is 36.2 Å². The van der Waals surface area contributed by atoms with Crippen LogP contribution in [0.15, 0.2) is 36.2 Å². The third-order valence-electron chi connectivity index (χ3n) is 3.77. The second kappa shape index (κ2) is 2.57. The summed E-state index contributed by atoms with van der Waals surface area (Å²) in [5.41, 5.74) is 1.24. The minimum Gasteiger partial charge on any atom is -0.295 e. The fraction of sp³-hybridized carbons (Fsp3) is 0.500. The van der Waals surface area contributed by atoms with E-state index in [0.717, 1.165) is 31.6 Å². The quantitative estimate of drug-likeness (QED) is 0.605. The summed E-state index contributed by atoms with van der Waals surface area (Å²) in [7, 11) is 0. The van der Waals surface area contributed by atoms with Crippen LogP contribution in [-0.2, 0) is 0 Å². The Balaban J connectivity index is 1.92. The van der Waals surface area contributed by atoms with Gasteiger partial charge in [0.05, 0.1) is 0 Å². The summed E-state index contributed by atoms with van der Waals surface area (Å²) in [5.74, 6) is 0.636. The average molecular weight is 191 g/mol. The van der Waals surface area contributed by atoms with E-state index in [2.05, 4.69) is 11.5 Å². The highest BCUT2D eigenvalue weighted by Gasteiger charge is 2.61. The molecule has 0 aromatic rings. The van der Waals surface area contributed by atoms with Crippen molar-refractivity contribution in [3.63, 3.8) is 0 Å². The molecule has 1 saturated carbocycles. The zero-order valence-corrected chi connectivity index (χ0v) is 8.17. The third-order valence-corrected chi connectivity index (χ3v) is 3.77. The van der Waals surface area contributed by atoms with Gasteiger partial charge < -0.3 is 0 Å². The summed E-state index contributed by atoms with van der Waals surface area (Å²) >= 11 is 0. The first kappa shape index (κ1) is 8.42. The summed E-state index contributed by atoms with van der Waals surface area (Å²) < 4.78 is 13.6. The van der Waals surface area contributed by atoms with Crippen LogP contribution < -0.4 is 0 Å². The highest BCUT2D eigenvalue weighted by molar-refractivity contribution is 5.44. The maximum atomic E-state index is 13.6. The Labute approximate surface area is 83.6 Å². The van der Waals surface area contributed by atoms with Gasteiger partial charge in [0.2, 0.25) is 0 Å². The molecular weight excluding hydrogens is 177 g/mol. The molecule has 74 valence electrons. The van der Waals surface area contributed by atoms with E-state index >= 15 is 0 Å². The molecule has 2 atom stereocenters. The van der Waals surface area contributed by atoms with Gasteiger partial charge in [-0.15, -0.1) is 6.58 Å². The van der Waals surface area contributed by atoms with Gasteiger partial charge in [-0.2, -0.15) is 0 Å². The molecule has 2 fully saturated rings. The minimum atomic E-state index is 0.0188. The van der Waals surface area contributed by atoms with Crippen molar-refractivity contribution in [1.82, 2.24) is 4.90 Å². The van der Waals surface area contributed by atoms with E-state index in [-0.39, 0.29) is 11.2 Å².